The van der Waals surface area contributed by atoms with Gasteiger partial charge in [-0.2, -0.15) is 0 Å². The van der Waals surface area contributed by atoms with Gasteiger partial charge in [-0.1, -0.05) is 0 Å². The number of nitrogens with one attached hydrogen (secondary N) is 1. The van der Waals surface area contributed by atoms with E-state index in [2.05, 4.69) is 5.32 Å². The summed E-state index contributed by atoms with van der Waals surface area (Å²) in [5, 5.41) is 14.1. The van der Waals surface area contributed by atoms with Gasteiger partial charge in [-0.15, -0.1) is 0 Å². The van der Waals surface area contributed by atoms with E-state index in [0.717, 1.165) is 13.1 Å². The Bertz CT molecular complexity index is 494. The first-order valence-corrected chi connectivity index (χ1v) is 6.84. The molecule has 1 aromatic carbocycles. The number of nitro groups is 1. The highest BCUT2D eigenvalue weighted by Crippen LogP contribution is 2.23. The first-order valence-electron chi connectivity index (χ1n) is 6.84. The third kappa shape index (κ3) is 4.66. The van der Waals surface area contributed by atoms with Crippen LogP contribution >= 0.6 is 0 Å². The van der Waals surface area contributed by atoms with Gasteiger partial charge < -0.3 is 19.5 Å². The highest BCUT2D eigenvalue weighted by molar-refractivity contribution is 5.42. The summed E-state index contributed by atoms with van der Waals surface area (Å²) in [5.74, 6) is 0.451. The zero-order chi connectivity index (χ0) is 15.2. The number of morpholine rings is 1. The SMILES string of the molecule is COc1cc(COCC2CNCC(C)O2)cc([N+](=O)[O-])c1. The molecule has 7 heteroatoms. The van der Waals surface area contributed by atoms with Crippen LogP contribution < -0.4 is 10.1 Å². The maximum atomic E-state index is 10.9. The van der Waals surface area contributed by atoms with Crippen molar-refractivity contribution in [2.24, 2.45) is 0 Å². The molecule has 0 amide bonds. The Balaban J connectivity index is 1.90. The molecule has 0 spiro atoms. The van der Waals surface area contributed by atoms with Crippen molar-refractivity contribution in [3.8, 4) is 5.75 Å². The topological polar surface area (TPSA) is 82.9 Å². The van der Waals surface area contributed by atoms with Crippen LogP contribution in [-0.2, 0) is 16.1 Å². The van der Waals surface area contributed by atoms with Gasteiger partial charge in [-0.05, 0) is 18.6 Å². The van der Waals surface area contributed by atoms with Crippen molar-refractivity contribution in [3.63, 3.8) is 0 Å². The van der Waals surface area contributed by atoms with Crippen LogP contribution in [0.5, 0.6) is 5.75 Å². The molecule has 0 aromatic heterocycles. The molecule has 0 saturated carbocycles. The van der Waals surface area contributed by atoms with Crippen molar-refractivity contribution in [3.05, 3.63) is 33.9 Å². The highest BCUT2D eigenvalue weighted by Gasteiger charge is 2.19. The molecule has 0 bridgehead atoms. The van der Waals surface area contributed by atoms with Crippen molar-refractivity contribution in [2.75, 3.05) is 26.8 Å². The van der Waals surface area contributed by atoms with Crippen LogP contribution in [0.25, 0.3) is 0 Å². The molecule has 7 nitrogen and oxygen atoms in total. The molecule has 116 valence electrons. The Hall–Kier alpha value is -1.70. The molecule has 0 radical (unpaired) electrons. The van der Waals surface area contributed by atoms with Gasteiger partial charge in [-0.3, -0.25) is 10.1 Å². The molecule has 0 aliphatic carbocycles. The number of rotatable bonds is 6. The fourth-order valence-electron chi connectivity index (χ4n) is 2.23. The van der Waals surface area contributed by atoms with Crippen molar-refractivity contribution < 1.29 is 19.1 Å². The average Bonchev–Trinajstić information content (AvgIpc) is 2.47. The van der Waals surface area contributed by atoms with Crippen LogP contribution in [0.1, 0.15) is 12.5 Å². The molecular weight excluding hydrogens is 276 g/mol. The number of hydrogen-bond donors (Lipinski definition) is 1. The molecule has 1 N–H and O–H groups in total. The Morgan fingerprint density at radius 3 is 2.90 bits per heavy atom. The lowest BCUT2D eigenvalue weighted by molar-refractivity contribution is -0.385. The maximum absolute atomic E-state index is 10.9. The van der Waals surface area contributed by atoms with Crippen molar-refractivity contribution in [2.45, 2.75) is 25.7 Å². The highest BCUT2D eigenvalue weighted by atomic mass is 16.6. The molecule has 2 atom stereocenters. The van der Waals surface area contributed by atoms with Crippen LogP contribution in [0.2, 0.25) is 0 Å². The second-order valence-electron chi connectivity index (χ2n) is 5.04. The van der Waals surface area contributed by atoms with E-state index >= 15 is 0 Å². The zero-order valence-electron chi connectivity index (χ0n) is 12.2. The number of non-ortho nitro benzene ring substituents is 1. The van der Waals surface area contributed by atoms with Crippen LogP contribution in [0.3, 0.4) is 0 Å². The Labute approximate surface area is 123 Å². The number of benzene rings is 1. The van der Waals surface area contributed by atoms with Crippen LogP contribution in [0.15, 0.2) is 18.2 Å². The summed E-state index contributed by atoms with van der Waals surface area (Å²) < 4.78 is 16.4. The molecule has 1 aliphatic rings. The second-order valence-corrected chi connectivity index (χ2v) is 5.04. The molecule has 21 heavy (non-hydrogen) atoms. The van der Waals surface area contributed by atoms with Crippen LogP contribution in [0.4, 0.5) is 5.69 Å². The van der Waals surface area contributed by atoms with Gasteiger partial charge in [0.1, 0.15) is 5.75 Å². The van der Waals surface area contributed by atoms with Gasteiger partial charge in [-0.25, -0.2) is 0 Å². The normalized spacial score (nSPS) is 22.0. The summed E-state index contributed by atoms with van der Waals surface area (Å²) >= 11 is 0. The predicted octanol–water partition coefficient (Wildman–Crippen LogP) is 1.50. The number of nitro benzene ring substituents is 1. The van der Waals surface area contributed by atoms with Crippen LogP contribution in [0, 0.1) is 10.1 Å². The first-order chi connectivity index (χ1) is 10.1. The van der Waals surface area contributed by atoms with E-state index in [4.69, 9.17) is 14.2 Å². The second kappa shape index (κ2) is 7.35. The summed E-state index contributed by atoms with van der Waals surface area (Å²) in [5.41, 5.74) is 0.704. The molecule has 1 saturated heterocycles. The van der Waals surface area contributed by atoms with Crippen LogP contribution in [-0.4, -0.2) is 43.9 Å². The zero-order valence-corrected chi connectivity index (χ0v) is 12.2. The Morgan fingerprint density at radius 1 is 1.43 bits per heavy atom. The van der Waals surface area contributed by atoms with Gasteiger partial charge in [0, 0.05) is 19.2 Å². The number of nitrogens with zero attached hydrogens (tertiary/aromatic N) is 1. The Morgan fingerprint density at radius 2 is 2.24 bits per heavy atom. The molecule has 1 fully saturated rings. The minimum atomic E-state index is -0.443. The standard InChI is InChI=1S/C14H20N2O5/c1-10-6-15-7-14(21-10)9-20-8-11-3-12(16(17)18)5-13(4-11)19-2/h3-5,10,14-15H,6-9H2,1-2H3. The molecule has 1 aliphatic heterocycles. The van der Waals surface area contributed by atoms with Gasteiger partial charge in [0.15, 0.2) is 0 Å². The third-order valence-electron chi connectivity index (χ3n) is 3.20. The molecule has 2 rings (SSSR count). The summed E-state index contributed by atoms with van der Waals surface area (Å²) in [6.07, 6.45) is 0.180. The number of methoxy groups -OCH3 is 1. The molecular formula is C14H20N2O5. The lowest BCUT2D eigenvalue weighted by atomic mass is 10.2. The maximum Gasteiger partial charge on any atom is 0.273 e. The first kappa shape index (κ1) is 15.7. The van der Waals surface area contributed by atoms with E-state index in [1.807, 2.05) is 6.92 Å². The minimum absolute atomic E-state index is 0.00263. The molecule has 2 unspecified atom stereocenters. The minimum Gasteiger partial charge on any atom is -0.496 e. The van der Waals surface area contributed by atoms with Gasteiger partial charge in [0.2, 0.25) is 0 Å². The quantitative estimate of drug-likeness (QED) is 0.632. The fraction of sp³-hybridized carbons (Fsp3) is 0.571. The summed E-state index contributed by atoms with van der Waals surface area (Å²) in [6, 6.07) is 4.61. The fourth-order valence-corrected chi connectivity index (χ4v) is 2.23. The van der Waals surface area contributed by atoms with E-state index in [9.17, 15) is 10.1 Å². The van der Waals surface area contributed by atoms with E-state index in [0.29, 0.717) is 17.9 Å². The third-order valence-corrected chi connectivity index (χ3v) is 3.20. The van der Waals surface area contributed by atoms with E-state index in [1.54, 1.807) is 6.07 Å². The van der Waals surface area contributed by atoms with Crippen molar-refractivity contribution in [1.82, 2.24) is 5.32 Å². The van der Waals surface area contributed by atoms with E-state index in [-0.39, 0.29) is 24.5 Å². The summed E-state index contributed by atoms with van der Waals surface area (Å²) in [7, 11) is 1.48. The van der Waals surface area contributed by atoms with E-state index < -0.39 is 4.92 Å². The average molecular weight is 296 g/mol. The van der Waals surface area contributed by atoms with Gasteiger partial charge in [0.05, 0.1) is 43.5 Å². The predicted molar refractivity (Wildman–Crippen MR) is 76.5 cm³/mol. The lowest BCUT2D eigenvalue weighted by Crippen LogP contribution is -2.45. The van der Waals surface area contributed by atoms with Crippen molar-refractivity contribution >= 4 is 5.69 Å². The van der Waals surface area contributed by atoms with Gasteiger partial charge in [0.25, 0.3) is 5.69 Å². The molecule has 1 aromatic rings. The van der Waals surface area contributed by atoms with Gasteiger partial charge >= 0.3 is 0 Å². The van der Waals surface area contributed by atoms with E-state index in [1.165, 1.54) is 19.2 Å². The monoisotopic (exact) mass is 296 g/mol. The lowest BCUT2D eigenvalue weighted by Gasteiger charge is -2.28. The Kier molecular flexibility index (Phi) is 5.49. The van der Waals surface area contributed by atoms with Crippen molar-refractivity contribution in [1.29, 1.82) is 0 Å². The smallest absolute Gasteiger partial charge is 0.273 e. The summed E-state index contributed by atoms with van der Waals surface area (Å²) in [6.45, 7) is 4.33. The number of ether oxygens (including phenoxy) is 3. The number of hydrogen-bond acceptors (Lipinski definition) is 6. The molecule has 1 heterocycles. The summed E-state index contributed by atoms with van der Waals surface area (Å²) in [4.78, 5) is 10.4. The largest absolute Gasteiger partial charge is 0.496 e.